The van der Waals surface area contributed by atoms with Crippen LogP contribution in [-0.2, 0) is 11.3 Å². The summed E-state index contributed by atoms with van der Waals surface area (Å²) in [5, 5.41) is 11.6. The van der Waals surface area contributed by atoms with Gasteiger partial charge in [0.05, 0.1) is 7.11 Å². The molecule has 0 aliphatic carbocycles. The molecule has 0 unspecified atom stereocenters. The van der Waals surface area contributed by atoms with Crippen molar-refractivity contribution >= 4 is 17.5 Å². The van der Waals surface area contributed by atoms with Crippen LogP contribution < -0.4 is 10.1 Å². The molecule has 5 heteroatoms. The van der Waals surface area contributed by atoms with E-state index >= 15 is 0 Å². The van der Waals surface area contributed by atoms with Crippen LogP contribution in [0.4, 0.5) is 0 Å². The zero-order chi connectivity index (χ0) is 13.9. The second-order valence-corrected chi connectivity index (χ2v) is 4.37. The number of amides is 1. The molecule has 0 aromatic heterocycles. The fraction of sp³-hybridized carbons (Fsp3) is 0.385. The van der Waals surface area contributed by atoms with Crippen molar-refractivity contribution in [2.24, 2.45) is 0 Å². The predicted molar refractivity (Wildman–Crippen MR) is 69.7 cm³/mol. The Morgan fingerprint density at radius 2 is 1.94 bits per heavy atom. The first-order valence-corrected chi connectivity index (χ1v) is 5.81. The molecular weight excluding hydrogens is 252 g/mol. The molecule has 0 aliphatic rings. The lowest BCUT2D eigenvalue weighted by Gasteiger charge is -2.18. The van der Waals surface area contributed by atoms with Gasteiger partial charge in [-0.3, -0.25) is 4.79 Å². The average Bonchev–Trinajstić information content (AvgIpc) is 2.38. The van der Waals surface area contributed by atoms with Crippen LogP contribution in [0.1, 0.15) is 22.3 Å². The van der Waals surface area contributed by atoms with E-state index in [2.05, 4.69) is 5.32 Å². The minimum absolute atomic E-state index is 0.224. The van der Waals surface area contributed by atoms with Crippen LogP contribution in [0.5, 0.6) is 5.75 Å². The number of hydrogen-bond donors (Lipinski definition) is 1. The van der Waals surface area contributed by atoms with Crippen LogP contribution in [0.25, 0.3) is 0 Å². The molecule has 0 aliphatic heterocycles. The molecule has 0 atom stereocenters. The summed E-state index contributed by atoms with van der Waals surface area (Å²) in [5.74, 6) is 0.0263. The van der Waals surface area contributed by atoms with Gasteiger partial charge in [-0.15, -0.1) is 0 Å². The third-order valence-corrected chi connectivity index (χ3v) is 3.59. The SMILES string of the molecule is COc1c(C)c(C)c(Cl)c(C)c1CNC(=O)C#N. The molecule has 0 spiro atoms. The number of nitrogens with zero attached hydrogens (tertiary/aromatic N) is 1. The molecule has 4 nitrogen and oxygen atoms in total. The van der Waals surface area contributed by atoms with E-state index in [1.165, 1.54) is 6.07 Å². The highest BCUT2D eigenvalue weighted by Gasteiger charge is 2.17. The molecule has 1 rings (SSSR count). The maximum atomic E-state index is 11.0. The third kappa shape index (κ3) is 2.57. The molecule has 96 valence electrons. The average molecular weight is 267 g/mol. The van der Waals surface area contributed by atoms with Crippen molar-refractivity contribution in [3.63, 3.8) is 0 Å². The normalized spacial score (nSPS) is 9.78. The summed E-state index contributed by atoms with van der Waals surface area (Å²) < 4.78 is 5.37. The first kappa shape index (κ1) is 14.3. The summed E-state index contributed by atoms with van der Waals surface area (Å²) in [4.78, 5) is 11.0. The second kappa shape index (κ2) is 5.74. The van der Waals surface area contributed by atoms with Gasteiger partial charge in [0.15, 0.2) is 6.07 Å². The molecule has 0 heterocycles. The van der Waals surface area contributed by atoms with E-state index in [9.17, 15) is 4.79 Å². The lowest BCUT2D eigenvalue weighted by atomic mass is 9.98. The van der Waals surface area contributed by atoms with Crippen molar-refractivity contribution in [1.29, 1.82) is 5.26 Å². The molecular formula is C13H15ClN2O2. The smallest absolute Gasteiger partial charge is 0.322 e. The fourth-order valence-corrected chi connectivity index (χ4v) is 2.10. The Hall–Kier alpha value is -1.73. The lowest BCUT2D eigenvalue weighted by molar-refractivity contribution is -0.116. The summed E-state index contributed by atoms with van der Waals surface area (Å²) in [6, 6.07) is 1.51. The molecule has 1 aromatic rings. The van der Waals surface area contributed by atoms with Crippen LogP contribution >= 0.6 is 11.6 Å². The van der Waals surface area contributed by atoms with Crippen LogP contribution in [0, 0.1) is 32.1 Å². The topological polar surface area (TPSA) is 62.1 Å². The summed E-state index contributed by atoms with van der Waals surface area (Å²) in [7, 11) is 1.57. The minimum atomic E-state index is -0.675. The standard InChI is InChI=1S/C13H15ClN2O2/c1-7-8(2)13(18-4)10(9(3)12(7)14)6-16-11(17)5-15/h6H2,1-4H3,(H,16,17). The molecule has 18 heavy (non-hydrogen) atoms. The quantitative estimate of drug-likeness (QED) is 0.855. The van der Waals surface area contributed by atoms with Gasteiger partial charge in [-0.25, -0.2) is 0 Å². The maximum Gasteiger partial charge on any atom is 0.322 e. The highest BCUT2D eigenvalue weighted by Crippen LogP contribution is 2.35. The number of methoxy groups -OCH3 is 1. The Morgan fingerprint density at radius 1 is 1.33 bits per heavy atom. The van der Waals surface area contributed by atoms with E-state index in [1.807, 2.05) is 20.8 Å². The number of halogens is 1. The van der Waals surface area contributed by atoms with Gasteiger partial charge in [0.25, 0.3) is 0 Å². The maximum absolute atomic E-state index is 11.0. The molecule has 1 aromatic carbocycles. The molecule has 0 fully saturated rings. The number of ether oxygens (including phenoxy) is 1. The Balaban J connectivity index is 3.26. The Kier molecular flexibility index (Phi) is 4.57. The molecule has 0 radical (unpaired) electrons. The van der Waals surface area contributed by atoms with E-state index in [4.69, 9.17) is 21.6 Å². The summed E-state index contributed by atoms with van der Waals surface area (Å²) >= 11 is 6.23. The van der Waals surface area contributed by atoms with Gasteiger partial charge >= 0.3 is 5.91 Å². The van der Waals surface area contributed by atoms with Crippen LogP contribution in [-0.4, -0.2) is 13.0 Å². The van der Waals surface area contributed by atoms with E-state index in [0.717, 1.165) is 22.3 Å². The van der Waals surface area contributed by atoms with Crippen molar-refractivity contribution < 1.29 is 9.53 Å². The Labute approximate surface area is 112 Å². The molecule has 0 saturated carbocycles. The monoisotopic (exact) mass is 266 g/mol. The van der Waals surface area contributed by atoms with Gasteiger partial charge in [0.1, 0.15) is 5.75 Å². The first-order chi connectivity index (χ1) is 8.43. The fourth-order valence-electron chi connectivity index (χ4n) is 1.84. The van der Waals surface area contributed by atoms with E-state index in [1.54, 1.807) is 7.11 Å². The van der Waals surface area contributed by atoms with Crippen LogP contribution in [0.15, 0.2) is 0 Å². The van der Waals surface area contributed by atoms with E-state index < -0.39 is 5.91 Å². The van der Waals surface area contributed by atoms with Gasteiger partial charge in [-0.05, 0) is 37.5 Å². The van der Waals surface area contributed by atoms with Crippen LogP contribution in [0.3, 0.4) is 0 Å². The van der Waals surface area contributed by atoms with Gasteiger partial charge in [-0.1, -0.05) is 11.6 Å². The van der Waals surface area contributed by atoms with Crippen LogP contribution in [0.2, 0.25) is 5.02 Å². The summed E-state index contributed by atoms with van der Waals surface area (Å²) in [6.07, 6.45) is 0. The number of rotatable bonds is 3. The van der Waals surface area contributed by atoms with Gasteiger partial charge in [0, 0.05) is 17.1 Å². The van der Waals surface area contributed by atoms with Crippen molar-refractivity contribution in [1.82, 2.24) is 5.32 Å². The Morgan fingerprint density at radius 3 is 2.44 bits per heavy atom. The van der Waals surface area contributed by atoms with E-state index in [0.29, 0.717) is 10.8 Å². The van der Waals surface area contributed by atoms with Crippen molar-refractivity contribution in [3.8, 4) is 11.8 Å². The van der Waals surface area contributed by atoms with Crippen molar-refractivity contribution in [2.45, 2.75) is 27.3 Å². The summed E-state index contributed by atoms with van der Waals surface area (Å²) in [5.41, 5.74) is 3.56. The van der Waals surface area contributed by atoms with E-state index in [-0.39, 0.29) is 6.54 Å². The van der Waals surface area contributed by atoms with Crippen molar-refractivity contribution in [2.75, 3.05) is 7.11 Å². The third-order valence-electron chi connectivity index (χ3n) is 3.02. The highest BCUT2D eigenvalue weighted by molar-refractivity contribution is 6.32. The number of nitrogens with one attached hydrogen (secondary N) is 1. The number of benzene rings is 1. The second-order valence-electron chi connectivity index (χ2n) is 4.00. The number of hydrogen-bond acceptors (Lipinski definition) is 3. The molecule has 0 bridgehead atoms. The number of carbonyl (C=O) groups is 1. The number of nitriles is 1. The van der Waals surface area contributed by atoms with Gasteiger partial charge < -0.3 is 10.1 Å². The number of carbonyl (C=O) groups excluding carboxylic acids is 1. The first-order valence-electron chi connectivity index (χ1n) is 5.44. The highest BCUT2D eigenvalue weighted by atomic mass is 35.5. The Bertz CT molecular complexity index is 533. The molecule has 1 N–H and O–H groups in total. The zero-order valence-electron chi connectivity index (χ0n) is 10.8. The molecule has 0 saturated heterocycles. The molecule has 1 amide bonds. The minimum Gasteiger partial charge on any atom is -0.496 e. The largest absolute Gasteiger partial charge is 0.496 e. The zero-order valence-corrected chi connectivity index (χ0v) is 11.6. The van der Waals surface area contributed by atoms with Gasteiger partial charge in [-0.2, -0.15) is 5.26 Å². The van der Waals surface area contributed by atoms with Gasteiger partial charge in [0.2, 0.25) is 0 Å². The predicted octanol–water partition coefficient (Wildman–Crippen LogP) is 2.41. The van der Waals surface area contributed by atoms with Crippen molar-refractivity contribution in [3.05, 3.63) is 27.3 Å². The summed E-state index contributed by atoms with van der Waals surface area (Å²) in [6.45, 7) is 5.92. The lowest BCUT2D eigenvalue weighted by Crippen LogP contribution is -2.22.